The topological polar surface area (TPSA) is 57.4 Å². The van der Waals surface area contributed by atoms with Gasteiger partial charge in [-0.25, -0.2) is 4.98 Å². The quantitative estimate of drug-likeness (QED) is 0.728. The van der Waals surface area contributed by atoms with Crippen LogP contribution in [0.4, 0.5) is 0 Å². The van der Waals surface area contributed by atoms with Gasteiger partial charge in [0.25, 0.3) is 0 Å². The summed E-state index contributed by atoms with van der Waals surface area (Å²) in [5.74, 6) is 0.795. The number of aromatic amines is 2. The van der Waals surface area contributed by atoms with Crippen LogP contribution in [0.1, 0.15) is 0 Å². The lowest BCUT2D eigenvalue weighted by atomic mass is 10.1. The molecule has 0 unspecified atom stereocenters. The van der Waals surface area contributed by atoms with Gasteiger partial charge in [-0.05, 0) is 12.1 Å². The molecule has 2 heterocycles. The Morgan fingerprint density at radius 1 is 1.12 bits per heavy atom. The predicted octanol–water partition coefficient (Wildman–Crippen LogP) is 3.12. The number of nitrogens with one attached hydrogen (secondary N) is 2. The molecule has 2 aromatic heterocycles. The van der Waals surface area contributed by atoms with Crippen LogP contribution in [0.15, 0.2) is 42.9 Å². The molecular formula is C12H9ClN4. The molecule has 0 saturated carbocycles. The van der Waals surface area contributed by atoms with E-state index in [9.17, 15) is 0 Å². The third-order valence-electron chi connectivity index (χ3n) is 2.53. The van der Waals surface area contributed by atoms with Crippen LogP contribution in [0.5, 0.6) is 0 Å². The van der Waals surface area contributed by atoms with Gasteiger partial charge in [0.15, 0.2) is 0 Å². The monoisotopic (exact) mass is 244 g/mol. The Morgan fingerprint density at radius 2 is 1.94 bits per heavy atom. The van der Waals surface area contributed by atoms with Crippen LogP contribution in [-0.2, 0) is 0 Å². The zero-order valence-electron chi connectivity index (χ0n) is 8.81. The molecule has 5 heteroatoms. The first-order chi connectivity index (χ1) is 8.34. The largest absolute Gasteiger partial charge is 0.345 e. The lowest BCUT2D eigenvalue weighted by Gasteiger charge is -2.01. The minimum atomic E-state index is 0.716. The normalized spacial score (nSPS) is 10.6. The van der Waals surface area contributed by atoms with E-state index >= 15 is 0 Å². The molecule has 84 valence electrons. The molecule has 0 atom stereocenters. The fraction of sp³-hybridized carbons (Fsp3) is 0. The lowest BCUT2D eigenvalue weighted by Crippen LogP contribution is -1.84. The molecule has 0 bridgehead atoms. The van der Waals surface area contributed by atoms with E-state index in [1.165, 1.54) is 0 Å². The Bertz CT molecular complexity index is 610. The number of hydrogen-bond acceptors (Lipinski definition) is 2. The van der Waals surface area contributed by atoms with Crippen molar-refractivity contribution in [3.05, 3.63) is 47.9 Å². The number of hydrogen-bond donors (Lipinski definition) is 2. The third-order valence-corrected chi connectivity index (χ3v) is 2.78. The highest BCUT2D eigenvalue weighted by Gasteiger charge is 2.11. The number of benzene rings is 1. The van der Waals surface area contributed by atoms with E-state index in [0.29, 0.717) is 5.02 Å². The van der Waals surface area contributed by atoms with Crippen LogP contribution in [0, 0.1) is 0 Å². The molecular weight excluding hydrogens is 236 g/mol. The van der Waals surface area contributed by atoms with Gasteiger partial charge in [0, 0.05) is 23.0 Å². The van der Waals surface area contributed by atoms with E-state index in [4.69, 9.17) is 11.6 Å². The van der Waals surface area contributed by atoms with Crippen LogP contribution in [0.25, 0.3) is 22.6 Å². The van der Waals surface area contributed by atoms with Gasteiger partial charge in [0.2, 0.25) is 0 Å². The Hall–Kier alpha value is -2.07. The molecule has 1 aromatic carbocycles. The average molecular weight is 245 g/mol. The van der Waals surface area contributed by atoms with E-state index in [2.05, 4.69) is 20.2 Å². The highest BCUT2D eigenvalue weighted by molar-refractivity contribution is 6.30. The fourth-order valence-electron chi connectivity index (χ4n) is 1.71. The first-order valence-corrected chi connectivity index (χ1v) is 5.51. The minimum absolute atomic E-state index is 0.716. The summed E-state index contributed by atoms with van der Waals surface area (Å²) in [4.78, 5) is 7.28. The molecule has 0 radical (unpaired) electrons. The molecule has 0 fully saturated rings. The predicted molar refractivity (Wildman–Crippen MR) is 66.6 cm³/mol. The zero-order valence-corrected chi connectivity index (χ0v) is 9.57. The number of rotatable bonds is 2. The molecule has 3 rings (SSSR count). The van der Waals surface area contributed by atoms with Gasteiger partial charge in [-0.3, -0.25) is 5.10 Å². The minimum Gasteiger partial charge on any atom is -0.345 e. The Morgan fingerprint density at radius 3 is 2.65 bits per heavy atom. The van der Waals surface area contributed by atoms with Crippen molar-refractivity contribution in [2.45, 2.75) is 0 Å². The molecule has 0 saturated heterocycles. The second-order valence-electron chi connectivity index (χ2n) is 3.60. The first kappa shape index (κ1) is 10.1. The first-order valence-electron chi connectivity index (χ1n) is 5.13. The summed E-state index contributed by atoms with van der Waals surface area (Å²) in [6.07, 6.45) is 5.25. The molecule has 0 amide bonds. The lowest BCUT2D eigenvalue weighted by molar-refractivity contribution is 1.10. The summed E-state index contributed by atoms with van der Waals surface area (Å²) in [7, 11) is 0. The van der Waals surface area contributed by atoms with Crippen LogP contribution in [-0.4, -0.2) is 20.2 Å². The number of aromatic nitrogens is 4. The van der Waals surface area contributed by atoms with Gasteiger partial charge in [-0.15, -0.1) is 0 Å². The van der Waals surface area contributed by atoms with Gasteiger partial charge in [-0.2, -0.15) is 5.10 Å². The zero-order chi connectivity index (χ0) is 11.7. The second kappa shape index (κ2) is 4.07. The summed E-state index contributed by atoms with van der Waals surface area (Å²) in [6, 6.07) is 7.60. The van der Waals surface area contributed by atoms with E-state index in [-0.39, 0.29) is 0 Å². The van der Waals surface area contributed by atoms with Gasteiger partial charge >= 0.3 is 0 Å². The van der Waals surface area contributed by atoms with Crippen molar-refractivity contribution in [2.75, 3.05) is 0 Å². The van der Waals surface area contributed by atoms with Gasteiger partial charge in [0.1, 0.15) is 5.82 Å². The van der Waals surface area contributed by atoms with Crippen molar-refractivity contribution in [2.24, 2.45) is 0 Å². The van der Waals surface area contributed by atoms with E-state index in [1.807, 2.05) is 24.3 Å². The summed E-state index contributed by atoms with van der Waals surface area (Å²) in [6.45, 7) is 0. The molecule has 4 nitrogen and oxygen atoms in total. The van der Waals surface area contributed by atoms with Crippen molar-refractivity contribution in [1.82, 2.24) is 20.2 Å². The maximum Gasteiger partial charge on any atom is 0.141 e. The van der Waals surface area contributed by atoms with E-state index in [1.54, 1.807) is 18.6 Å². The molecule has 0 aliphatic rings. The smallest absolute Gasteiger partial charge is 0.141 e. The summed E-state index contributed by atoms with van der Waals surface area (Å²) < 4.78 is 0. The highest BCUT2D eigenvalue weighted by atomic mass is 35.5. The van der Waals surface area contributed by atoms with Gasteiger partial charge in [0.05, 0.1) is 17.5 Å². The van der Waals surface area contributed by atoms with Crippen LogP contribution in [0.2, 0.25) is 5.02 Å². The Kier molecular flexibility index (Phi) is 2.42. The van der Waals surface area contributed by atoms with Crippen molar-refractivity contribution >= 4 is 11.6 Å². The molecule has 2 N–H and O–H groups in total. The van der Waals surface area contributed by atoms with Gasteiger partial charge < -0.3 is 4.98 Å². The summed E-state index contributed by atoms with van der Waals surface area (Å²) in [5.41, 5.74) is 2.90. The fourth-order valence-corrected chi connectivity index (χ4v) is 1.84. The standard InChI is InChI=1S/C12H9ClN4/c13-9-3-1-8(2-4-9)11-10(7-16-17-11)12-14-5-6-15-12/h1-7H,(H,14,15)(H,16,17). The third kappa shape index (κ3) is 1.83. The molecule has 3 aromatic rings. The van der Waals surface area contributed by atoms with Crippen molar-refractivity contribution in [1.29, 1.82) is 0 Å². The van der Waals surface area contributed by atoms with Crippen LogP contribution >= 0.6 is 11.6 Å². The van der Waals surface area contributed by atoms with Crippen LogP contribution < -0.4 is 0 Å². The maximum atomic E-state index is 5.87. The summed E-state index contributed by atoms with van der Waals surface area (Å²) >= 11 is 5.87. The second-order valence-corrected chi connectivity index (χ2v) is 4.04. The number of halogens is 1. The van der Waals surface area contributed by atoms with E-state index < -0.39 is 0 Å². The number of imidazole rings is 1. The Labute approximate surface area is 103 Å². The maximum absolute atomic E-state index is 5.87. The van der Waals surface area contributed by atoms with Gasteiger partial charge in [-0.1, -0.05) is 23.7 Å². The van der Waals surface area contributed by atoms with Crippen molar-refractivity contribution in [3.8, 4) is 22.6 Å². The van der Waals surface area contributed by atoms with E-state index in [0.717, 1.165) is 22.6 Å². The SMILES string of the molecule is Clc1ccc(-c2[nH]ncc2-c2ncc[nH]2)cc1. The highest BCUT2D eigenvalue weighted by Crippen LogP contribution is 2.28. The molecule has 0 spiro atoms. The molecule has 0 aliphatic carbocycles. The average Bonchev–Trinajstić information content (AvgIpc) is 3.00. The molecule has 0 aliphatic heterocycles. The van der Waals surface area contributed by atoms with Crippen molar-refractivity contribution in [3.63, 3.8) is 0 Å². The Balaban J connectivity index is 2.10. The summed E-state index contributed by atoms with van der Waals surface area (Å²) in [5, 5.41) is 7.75. The number of nitrogens with zero attached hydrogens (tertiary/aromatic N) is 2. The number of H-pyrrole nitrogens is 2. The van der Waals surface area contributed by atoms with Crippen molar-refractivity contribution < 1.29 is 0 Å². The van der Waals surface area contributed by atoms with Crippen LogP contribution in [0.3, 0.4) is 0 Å². The molecule has 17 heavy (non-hydrogen) atoms.